The third-order valence-corrected chi connectivity index (χ3v) is 10.9. The Morgan fingerprint density at radius 1 is 1.13 bits per heavy atom. The van der Waals surface area contributed by atoms with Crippen molar-refractivity contribution < 1.29 is 37.0 Å². The quantitative estimate of drug-likeness (QED) is 0.141. The second-order valence-corrected chi connectivity index (χ2v) is 14.6. The molecule has 12 heteroatoms. The van der Waals surface area contributed by atoms with Gasteiger partial charge in [0.25, 0.3) is 0 Å². The van der Waals surface area contributed by atoms with Gasteiger partial charge in [0.15, 0.2) is 5.78 Å². The Kier molecular flexibility index (Phi) is 12.1. The van der Waals surface area contributed by atoms with Gasteiger partial charge in [-0.05, 0) is 76.0 Å². The number of methoxy groups -OCH3 is 1. The Morgan fingerprint density at radius 2 is 1.87 bits per heavy atom. The maximum atomic E-state index is 13.9. The number of nitrogens with one attached hydrogen (secondary N) is 1. The van der Waals surface area contributed by atoms with Gasteiger partial charge in [0.05, 0.1) is 29.9 Å². The average Bonchev–Trinajstić information content (AvgIpc) is 3.93. The number of amides is 3. The largest absolute Gasteiger partial charge is 0.497 e. The lowest BCUT2D eigenvalue weighted by Gasteiger charge is -2.31. The minimum atomic E-state index is -3.53. The molecule has 3 amide bonds. The predicted octanol–water partition coefficient (Wildman–Crippen LogP) is 4.41. The number of unbranched alkanes of at least 4 members (excludes halogenated alkanes) is 3. The van der Waals surface area contributed by atoms with Crippen LogP contribution in [0.2, 0.25) is 0 Å². The van der Waals surface area contributed by atoms with Gasteiger partial charge < -0.3 is 24.0 Å². The number of urea groups is 1. The monoisotopic (exact) mass is 647 g/mol. The lowest BCUT2D eigenvalue weighted by Crippen LogP contribution is -2.47. The number of ether oxygens (including phenoxy) is 3. The summed E-state index contributed by atoms with van der Waals surface area (Å²) in [6, 6.07) is 6.92. The Balaban J connectivity index is 1.28. The number of sulfonamides is 1. The van der Waals surface area contributed by atoms with E-state index in [1.807, 2.05) is 49.1 Å². The summed E-state index contributed by atoms with van der Waals surface area (Å²) in [5.74, 6) is 0.324. The fourth-order valence-corrected chi connectivity index (χ4v) is 7.18. The average molecular weight is 648 g/mol. The van der Waals surface area contributed by atoms with Crippen molar-refractivity contribution in [2.24, 2.45) is 11.3 Å². The van der Waals surface area contributed by atoms with Crippen LogP contribution in [0.25, 0.3) is 0 Å². The van der Waals surface area contributed by atoms with Gasteiger partial charge in [-0.3, -0.25) is 14.3 Å². The molecule has 3 fully saturated rings. The summed E-state index contributed by atoms with van der Waals surface area (Å²) in [4.78, 5) is 42.4. The number of allylic oxidation sites excluding steroid dienone is 2. The van der Waals surface area contributed by atoms with Gasteiger partial charge in [0, 0.05) is 32.7 Å². The van der Waals surface area contributed by atoms with E-state index in [1.54, 1.807) is 12.0 Å². The van der Waals surface area contributed by atoms with Crippen LogP contribution in [0.4, 0.5) is 4.79 Å². The fourth-order valence-electron chi connectivity index (χ4n) is 5.77. The minimum Gasteiger partial charge on any atom is -0.497 e. The van der Waals surface area contributed by atoms with E-state index < -0.39 is 32.6 Å². The minimum absolute atomic E-state index is 0.0422. The highest BCUT2D eigenvalue weighted by Crippen LogP contribution is 2.53. The van der Waals surface area contributed by atoms with E-state index >= 15 is 0 Å². The first kappa shape index (κ1) is 34.9. The van der Waals surface area contributed by atoms with Crippen LogP contribution in [0, 0.1) is 11.3 Å². The van der Waals surface area contributed by atoms with Crippen molar-refractivity contribution in [2.45, 2.75) is 96.1 Å². The first-order chi connectivity index (χ1) is 21.5. The summed E-state index contributed by atoms with van der Waals surface area (Å²) >= 11 is 0. The third-order valence-electron chi connectivity index (χ3n) is 9.06. The van der Waals surface area contributed by atoms with Gasteiger partial charge >= 0.3 is 6.03 Å². The van der Waals surface area contributed by atoms with Gasteiger partial charge in [-0.2, -0.15) is 0 Å². The van der Waals surface area contributed by atoms with Crippen molar-refractivity contribution in [3.8, 4) is 5.75 Å². The zero-order chi connectivity index (χ0) is 32.6. The molecule has 2 aliphatic carbocycles. The van der Waals surface area contributed by atoms with Crippen LogP contribution in [-0.4, -0.2) is 86.9 Å². The summed E-state index contributed by atoms with van der Waals surface area (Å²) in [5.41, 5.74) is 0.303. The smallest absolute Gasteiger partial charge is 0.321 e. The van der Waals surface area contributed by atoms with Crippen LogP contribution in [0.1, 0.15) is 77.7 Å². The van der Waals surface area contributed by atoms with Gasteiger partial charge in [-0.25, -0.2) is 13.2 Å². The van der Waals surface area contributed by atoms with E-state index in [-0.39, 0.29) is 30.6 Å². The summed E-state index contributed by atoms with van der Waals surface area (Å²) in [6.45, 7) is 7.17. The molecule has 0 radical (unpaired) electrons. The van der Waals surface area contributed by atoms with Gasteiger partial charge in [-0.1, -0.05) is 37.6 Å². The van der Waals surface area contributed by atoms with Crippen LogP contribution in [0.3, 0.4) is 0 Å². The molecule has 4 rings (SSSR count). The fraction of sp³-hybridized carbons (Fsp3) is 0.667. The number of nitrogens with zero attached hydrogens (tertiary/aromatic N) is 2. The van der Waals surface area contributed by atoms with Crippen molar-refractivity contribution in [1.29, 1.82) is 0 Å². The van der Waals surface area contributed by atoms with Crippen molar-refractivity contribution in [3.63, 3.8) is 0 Å². The first-order valence-corrected chi connectivity index (χ1v) is 17.6. The van der Waals surface area contributed by atoms with E-state index in [1.165, 1.54) is 6.92 Å². The molecule has 1 aromatic carbocycles. The van der Waals surface area contributed by atoms with Crippen LogP contribution >= 0.6 is 0 Å². The zero-order valence-corrected chi connectivity index (χ0v) is 27.9. The van der Waals surface area contributed by atoms with E-state index in [4.69, 9.17) is 14.2 Å². The van der Waals surface area contributed by atoms with Crippen LogP contribution in [0.5, 0.6) is 5.75 Å². The molecule has 4 atom stereocenters. The molecule has 1 saturated heterocycles. The molecule has 1 N–H and O–H groups in total. The number of hydrogen-bond donors (Lipinski definition) is 1. The van der Waals surface area contributed by atoms with Crippen LogP contribution in [0.15, 0.2) is 36.4 Å². The Hall–Kier alpha value is -2.96. The SMILES string of the molecule is CCOCO[C@@H]1C[C@@H](C(C)=O)N(C(=O)N(CCCCC/C=C\[C@@H]2C[C@]2(C)C(=O)NS(=O)(=O)C2CC2)Cc2ccc(OC)cc2)C1. The molecule has 45 heavy (non-hydrogen) atoms. The van der Waals surface area contributed by atoms with Gasteiger partial charge in [-0.15, -0.1) is 0 Å². The number of carbonyl (C=O) groups is 3. The molecule has 250 valence electrons. The molecule has 0 unspecified atom stereocenters. The van der Waals surface area contributed by atoms with Crippen molar-refractivity contribution in [2.75, 3.05) is 33.6 Å². The van der Waals surface area contributed by atoms with Crippen LogP contribution in [-0.2, 0) is 35.6 Å². The molecule has 0 spiro atoms. The van der Waals surface area contributed by atoms with Crippen LogP contribution < -0.4 is 9.46 Å². The normalized spacial score (nSPS) is 24.5. The molecule has 1 aromatic rings. The third kappa shape index (κ3) is 9.52. The van der Waals surface area contributed by atoms with Crippen molar-refractivity contribution in [3.05, 3.63) is 42.0 Å². The maximum absolute atomic E-state index is 13.9. The van der Waals surface area contributed by atoms with Crippen molar-refractivity contribution >= 4 is 27.7 Å². The number of Topliss-reactive ketones (excluding diaryl/α,β-unsaturated/α-hetero) is 1. The standard InChI is InChI=1S/C33H49N3O8S/c1-5-43-23-44-28-19-30(24(2)37)36(22-28)32(39)35(21-25-12-14-27(42-4)15-13-25)18-10-8-6-7-9-11-26-20-33(26,3)31(38)34-45(40,41)29-16-17-29/h9,11-15,26,28-30H,5-8,10,16-23H2,1-4H3,(H,34,38)/b11-9-/t26-,28-,30+,33+/m1/s1. The Labute approximate surface area is 267 Å². The number of rotatable bonds is 18. The molecule has 11 nitrogen and oxygen atoms in total. The summed E-state index contributed by atoms with van der Waals surface area (Å²) in [6.07, 6.45) is 9.63. The van der Waals surface area contributed by atoms with E-state index in [0.29, 0.717) is 51.9 Å². The maximum Gasteiger partial charge on any atom is 0.321 e. The molecule has 0 aromatic heterocycles. The number of ketones is 1. The predicted molar refractivity (Wildman–Crippen MR) is 170 cm³/mol. The molecular formula is C33H49N3O8S. The highest BCUT2D eigenvalue weighted by Gasteiger charge is 2.56. The summed E-state index contributed by atoms with van der Waals surface area (Å²) in [5, 5.41) is -0.414. The first-order valence-electron chi connectivity index (χ1n) is 16.1. The molecule has 1 heterocycles. The van der Waals surface area contributed by atoms with E-state index in [0.717, 1.165) is 37.0 Å². The molecule has 3 aliphatic rings. The topological polar surface area (TPSA) is 132 Å². The number of hydrogen-bond acceptors (Lipinski definition) is 8. The lowest BCUT2D eigenvalue weighted by molar-refractivity contribution is -0.124. The number of carbonyl (C=O) groups excluding carboxylic acids is 3. The molecule has 1 aliphatic heterocycles. The second-order valence-electron chi connectivity index (χ2n) is 12.6. The number of likely N-dealkylation sites (tertiary alicyclic amines) is 1. The number of benzene rings is 1. The highest BCUT2D eigenvalue weighted by atomic mass is 32.2. The Bertz CT molecular complexity index is 1310. The molecule has 2 saturated carbocycles. The zero-order valence-electron chi connectivity index (χ0n) is 27.0. The Morgan fingerprint density at radius 3 is 2.51 bits per heavy atom. The summed E-state index contributed by atoms with van der Waals surface area (Å²) in [7, 11) is -1.92. The summed E-state index contributed by atoms with van der Waals surface area (Å²) < 4.78 is 42.9. The van der Waals surface area contributed by atoms with Gasteiger partial charge in [0.2, 0.25) is 15.9 Å². The molecule has 0 bridgehead atoms. The van der Waals surface area contributed by atoms with Gasteiger partial charge in [0.1, 0.15) is 12.5 Å². The van der Waals surface area contributed by atoms with Crippen molar-refractivity contribution in [1.82, 2.24) is 14.5 Å². The second kappa shape index (κ2) is 15.6. The van der Waals surface area contributed by atoms with E-state index in [9.17, 15) is 22.8 Å². The van der Waals surface area contributed by atoms with E-state index in [2.05, 4.69) is 10.8 Å². The molecular weight excluding hydrogens is 598 g/mol. The lowest BCUT2D eigenvalue weighted by atomic mass is 10.1. The highest BCUT2D eigenvalue weighted by molar-refractivity contribution is 7.90.